The largest absolute Gasteiger partial charge is 2.00 e. The average Bonchev–Trinajstić information content (AvgIpc) is 3.73. The van der Waals surface area contributed by atoms with Crippen LogP contribution in [0.1, 0.15) is 32.0 Å². The van der Waals surface area contributed by atoms with Gasteiger partial charge in [0.1, 0.15) is 5.82 Å². The smallest absolute Gasteiger partial charge is 0.503 e. The maximum atomic E-state index is 6.59. The van der Waals surface area contributed by atoms with Gasteiger partial charge in [-0.2, -0.15) is 6.07 Å². The molecule has 6 nitrogen and oxygen atoms in total. The summed E-state index contributed by atoms with van der Waals surface area (Å²) in [5, 5.41) is 2.23. The second-order valence-corrected chi connectivity index (χ2v) is 14.7. The van der Waals surface area contributed by atoms with Gasteiger partial charge in [0.05, 0.1) is 11.5 Å². The second-order valence-electron chi connectivity index (χ2n) is 14.7. The van der Waals surface area contributed by atoms with Crippen LogP contribution in [0.4, 0.5) is 0 Å². The Hall–Kier alpha value is -5.65. The molecule has 0 amide bonds. The molecule has 1 aliphatic rings. The molecule has 1 aliphatic heterocycles. The van der Waals surface area contributed by atoms with Gasteiger partial charge >= 0.3 is 27.9 Å². The van der Waals surface area contributed by atoms with E-state index in [1.165, 1.54) is 5.56 Å². The van der Waals surface area contributed by atoms with Crippen LogP contribution in [0, 0.1) is 12.1 Å². The molecule has 0 N–H and O–H groups in total. The van der Waals surface area contributed by atoms with Crippen molar-refractivity contribution in [2.45, 2.75) is 33.0 Å². The Bertz CT molecular complexity index is 2690. The van der Waals surface area contributed by atoms with Crippen molar-refractivity contribution in [2.75, 3.05) is 7.05 Å². The standard InChI is InChI=1S/C46H38BN5O.Pt/c1-46(2,3)33-24-26-48-43(29-33)51-41-21-12-10-19-37(41)38-23-22-35(30-42(38)51)53-34-17-13-16-32(28-34)45-49-39-25-27-50(5)47(4)44(39)52(45)40-20-11-9-18-36(40)31-14-7-6-8-15-31;/h6-27,29H,1-5H3;/q-2;+2. The van der Waals surface area contributed by atoms with Gasteiger partial charge in [0, 0.05) is 40.1 Å². The van der Waals surface area contributed by atoms with Gasteiger partial charge in [-0.05, 0) is 65.5 Å². The van der Waals surface area contributed by atoms with E-state index in [0.717, 1.165) is 67.1 Å². The Morgan fingerprint density at radius 3 is 2.33 bits per heavy atom. The third-order valence-electron chi connectivity index (χ3n) is 10.3. The third kappa shape index (κ3) is 6.17. The number of ether oxygens (including phenoxy) is 1. The summed E-state index contributed by atoms with van der Waals surface area (Å²) >= 11 is 0. The minimum Gasteiger partial charge on any atom is -0.503 e. The average molecular weight is 883 g/mol. The molecule has 5 aromatic carbocycles. The minimum absolute atomic E-state index is 0. The molecule has 0 saturated carbocycles. The number of pyridine rings is 1. The molecule has 4 heterocycles. The Morgan fingerprint density at radius 1 is 0.741 bits per heavy atom. The fraction of sp³-hybridized carbons (Fsp3) is 0.130. The van der Waals surface area contributed by atoms with E-state index in [9.17, 15) is 0 Å². The number of para-hydroxylation sites is 2. The second kappa shape index (κ2) is 14.0. The van der Waals surface area contributed by atoms with Gasteiger partial charge in [0.2, 0.25) is 0 Å². The maximum absolute atomic E-state index is 6.59. The minimum atomic E-state index is -0.0167. The van der Waals surface area contributed by atoms with E-state index in [1.54, 1.807) is 0 Å². The van der Waals surface area contributed by atoms with Crippen LogP contribution >= 0.6 is 0 Å². The number of benzene rings is 5. The van der Waals surface area contributed by atoms with Crippen LogP contribution in [0.25, 0.3) is 61.9 Å². The van der Waals surface area contributed by atoms with Crippen LogP contribution in [0.2, 0.25) is 6.82 Å². The molecular weight excluding hydrogens is 844 g/mol. The first-order chi connectivity index (χ1) is 25.7. The molecule has 0 spiro atoms. The zero-order valence-corrected chi connectivity index (χ0v) is 33.1. The van der Waals surface area contributed by atoms with Crippen molar-refractivity contribution >= 4 is 40.3 Å². The molecule has 0 saturated heterocycles. The Balaban J connectivity index is 0.00000413. The number of nitrogens with zero attached hydrogens (tertiary/aromatic N) is 5. The van der Waals surface area contributed by atoms with E-state index < -0.39 is 0 Å². The zero-order chi connectivity index (χ0) is 36.3. The number of hydrogen-bond acceptors (Lipinski definition) is 4. The van der Waals surface area contributed by atoms with E-state index in [0.29, 0.717) is 11.5 Å². The summed E-state index contributed by atoms with van der Waals surface area (Å²) in [5.41, 5.74) is 9.43. The first-order valence-electron chi connectivity index (χ1n) is 18.0. The van der Waals surface area contributed by atoms with Crippen LogP contribution < -0.4 is 10.3 Å². The molecule has 3 aromatic heterocycles. The zero-order valence-electron chi connectivity index (χ0n) is 30.8. The van der Waals surface area contributed by atoms with Crippen molar-refractivity contribution in [2.24, 2.45) is 0 Å². The van der Waals surface area contributed by atoms with Crippen LogP contribution in [0.5, 0.6) is 11.5 Å². The van der Waals surface area contributed by atoms with E-state index >= 15 is 0 Å². The molecule has 0 unspecified atom stereocenters. The van der Waals surface area contributed by atoms with Crippen molar-refractivity contribution in [1.29, 1.82) is 0 Å². The summed E-state index contributed by atoms with van der Waals surface area (Å²) in [5.74, 6) is 2.83. The number of imidazole rings is 1. The molecule has 0 aliphatic carbocycles. The molecule has 0 fully saturated rings. The summed E-state index contributed by atoms with van der Waals surface area (Å²) in [6, 6.07) is 49.0. The van der Waals surface area contributed by atoms with Crippen molar-refractivity contribution in [3.05, 3.63) is 157 Å². The topological polar surface area (TPSA) is 48.1 Å². The van der Waals surface area contributed by atoms with Crippen LogP contribution in [0.15, 0.2) is 134 Å². The van der Waals surface area contributed by atoms with Gasteiger partial charge < -0.3 is 18.7 Å². The quantitative estimate of drug-likeness (QED) is 0.123. The molecule has 266 valence electrons. The van der Waals surface area contributed by atoms with E-state index in [2.05, 4.69) is 176 Å². The van der Waals surface area contributed by atoms with Gasteiger partial charge in [0.15, 0.2) is 0 Å². The van der Waals surface area contributed by atoms with Crippen molar-refractivity contribution in [3.63, 3.8) is 0 Å². The summed E-state index contributed by atoms with van der Waals surface area (Å²) < 4.78 is 11.1. The normalized spacial score (nSPS) is 12.6. The molecule has 8 heteroatoms. The molecule has 0 bridgehead atoms. The SMILES string of the molecule is CB1c2c(nc(-c3[c-]c(Oc4[c-]c5c(cc4)c4ccccc4n5-c4cc(C(C)(C)C)ccn4)ccc3)n2-c2ccccc2-c2ccccc2)C=CN1C.[Pt+2]. The summed E-state index contributed by atoms with van der Waals surface area (Å²) in [6.45, 7) is 8.99. The first kappa shape index (κ1) is 35.4. The van der Waals surface area contributed by atoms with Crippen molar-refractivity contribution in [1.82, 2.24) is 23.9 Å². The van der Waals surface area contributed by atoms with Crippen LogP contribution in [0.3, 0.4) is 0 Å². The Kier molecular flexibility index (Phi) is 9.15. The van der Waals surface area contributed by atoms with Gasteiger partial charge in [0.25, 0.3) is 0 Å². The van der Waals surface area contributed by atoms with Crippen LogP contribution in [-0.2, 0) is 26.5 Å². The molecular formula is C46H38BN5OPt. The predicted molar refractivity (Wildman–Crippen MR) is 218 cm³/mol. The van der Waals surface area contributed by atoms with Crippen molar-refractivity contribution < 1.29 is 25.8 Å². The van der Waals surface area contributed by atoms with Gasteiger partial charge in [-0.25, -0.2) is 4.98 Å². The van der Waals surface area contributed by atoms with Gasteiger partial charge in [-0.3, -0.25) is 4.98 Å². The molecule has 0 radical (unpaired) electrons. The Labute approximate surface area is 331 Å². The number of aromatic nitrogens is 4. The van der Waals surface area contributed by atoms with E-state index in [4.69, 9.17) is 14.7 Å². The van der Waals surface area contributed by atoms with Crippen LogP contribution in [-0.4, -0.2) is 37.8 Å². The Morgan fingerprint density at radius 2 is 1.50 bits per heavy atom. The third-order valence-corrected chi connectivity index (χ3v) is 10.3. The fourth-order valence-electron chi connectivity index (χ4n) is 7.37. The van der Waals surface area contributed by atoms with Crippen molar-refractivity contribution in [3.8, 4) is 45.5 Å². The van der Waals surface area contributed by atoms with Gasteiger partial charge in [-0.15, -0.1) is 41.3 Å². The number of fused-ring (bicyclic) bond motifs is 4. The number of hydrogen-bond donors (Lipinski definition) is 0. The van der Waals surface area contributed by atoms with E-state index in [1.807, 2.05) is 24.4 Å². The first-order valence-corrected chi connectivity index (χ1v) is 18.0. The molecule has 0 atom stereocenters. The number of rotatable bonds is 6. The predicted octanol–water partition coefficient (Wildman–Crippen LogP) is 10.1. The fourth-order valence-corrected chi connectivity index (χ4v) is 7.37. The molecule has 54 heavy (non-hydrogen) atoms. The summed E-state index contributed by atoms with van der Waals surface area (Å²) in [6.07, 6.45) is 6.09. The summed E-state index contributed by atoms with van der Waals surface area (Å²) in [4.78, 5) is 12.3. The van der Waals surface area contributed by atoms with E-state index in [-0.39, 0.29) is 33.3 Å². The molecule has 9 rings (SSSR count). The summed E-state index contributed by atoms with van der Waals surface area (Å²) in [7, 11) is 2.11. The maximum Gasteiger partial charge on any atom is 2.00 e. The monoisotopic (exact) mass is 882 g/mol. The molecule has 8 aromatic rings. The van der Waals surface area contributed by atoms with Gasteiger partial charge in [-0.1, -0.05) is 106 Å².